The van der Waals surface area contributed by atoms with Crippen molar-refractivity contribution in [1.29, 1.82) is 10.8 Å². The molecule has 1 heterocycles. The molecule has 0 bridgehead atoms. The number of phenolic OH excluding ortho intramolecular Hbond substituents is 1. The minimum absolute atomic E-state index is 0.0164. The number of nitrogens with two attached hydrogens (primary N) is 4. The van der Waals surface area contributed by atoms with Crippen LogP contribution in [0.3, 0.4) is 0 Å². The molecule has 1 aliphatic heterocycles. The zero-order chi connectivity index (χ0) is 94.6. The van der Waals surface area contributed by atoms with Gasteiger partial charge >= 0.3 is 11.9 Å². The van der Waals surface area contributed by atoms with Crippen molar-refractivity contribution in [3.63, 3.8) is 0 Å². The minimum atomic E-state index is -1.96. The van der Waals surface area contributed by atoms with Gasteiger partial charge in [0.15, 0.2) is 11.9 Å². The number of nitrogens with one attached hydrogen (secondary N) is 19. The molecule has 1 unspecified atom stereocenters. The van der Waals surface area contributed by atoms with Crippen LogP contribution in [0.5, 0.6) is 5.75 Å². The maximum Gasteiger partial charge on any atom is 0.326 e. The second kappa shape index (κ2) is 55.9. The number of carboxylic acids is 2. The number of primary amides is 1. The number of carbonyl (C=O) groups excluding carboxylic acids is 16. The van der Waals surface area contributed by atoms with E-state index in [1.807, 2.05) is 0 Å². The number of aliphatic carboxylic acids is 2. The van der Waals surface area contributed by atoms with Gasteiger partial charge in [0.05, 0.1) is 32.3 Å². The van der Waals surface area contributed by atoms with Crippen LogP contribution in [-0.2, 0) is 99.1 Å². The third kappa shape index (κ3) is 40.2. The summed E-state index contributed by atoms with van der Waals surface area (Å²) in [6.07, 6.45) is -3.08. The molecule has 0 spiro atoms. The topological polar surface area (TPSA) is 765 Å². The highest BCUT2D eigenvalue weighted by Crippen LogP contribution is 2.25. The second-order valence-electron chi connectivity index (χ2n) is 31.0. The molecule has 1 fully saturated rings. The van der Waals surface area contributed by atoms with Gasteiger partial charge in [-0.05, 0) is 98.3 Å². The molecule has 3 rings (SSSR count). The smallest absolute Gasteiger partial charge is 0.326 e. The van der Waals surface area contributed by atoms with E-state index in [1.165, 1.54) is 39.8 Å². The number of aromatic hydroxyl groups is 1. The third-order valence-electron chi connectivity index (χ3n) is 19.4. The first kappa shape index (κ1) is 108. The highest BCUT2D eigenvalue weighted by molar-refractivity contribution is 8.76. The number of benzene rings is 2. The number of guanidine groups is 2. The summed E-state index contributed by atoms with van der Waals surface area (Å²) in [5.41, 5.74) is 24.1. The number of amides is 16. The molecule has 0 aliphatic carbocycles. The van der Waals surface area contributed by atoms with E-state index in [1.54, 1.807) is 70.2 Å². The van der Waals surface area contributed by atoms with Gasteiger partial charge in [0.25, 0.3) is 0 Å². The first-order valence-corrected chi connectivity index (χ1v) is 43.3. The molecule has 1 aliphatic rings. The SMILES string of the molecule is CC[C@H](C)[C@H](NC(=O)[C@H](CCCNC(=N)N)NC(=O)[C@H](CC(C)C)NC(=O)[C@@H](N)Cc1ccc(O)cc1)C(=O)N[C@H](C(=O)N[C@@H](CCC(N)=O)C(=O)NC1CSSC[C@@H](C(=O)NCC(=O)N[C@@H](Cc2ccccc2)C(=O)O)NC(=O)[C@H](CO)NC(=O)CNC(=O)[C@H](CCC(=O)O)NC(=O)[C@H](C(C)C)NC(=O)[C@H](CO)NC(=O)[C@H](CCCNC(=N)N)NC1=O)C(C)C. The van der Waals surface area contributed by atoms with E-state index in [4.69, 9.17) is 33.8 Å². The van der Waals surface area contributed by atoms with Crippen LogP contribution in [0, 0.1) is 34.5 Å². The molecule has 48 heteroatoms. The van der Waals surface area contributed by atoms with Crippen LogP contribution in [0.15, 0.2) is 54.6 Å². The van der Waals surface area contributed by atoms with Crippen molar-refractivity contribution in [3.05, 3.63) is 65.7 Å². The lowest BCUT2D eigenvalue weighted by Crippen LogP contribution is -2.62. The van der Waals surface area contributed by atoms with E-state index >= 15 is 9.59 Å². The molecule has 15 atom stereocenters. The lowest BCUT2D eigenvalue weighted by molar-refractivity contribution is -0.142. The summed E-state index contributed by atoms with van der Waals surface area (Å²) >= 11 is 0. The zero-order valence-corrected chi connectivity index (χ0v) is 73.1. The summed E-state index contributed by atoms with van der Waals surface area (Å²) in [4.78, 5) is 251. The van der Waals surface area contributed by atoms with Gasteiger partial charge in [-0.25, -0.2) is 4.79 Å². The molecule has 0 radical (unpaired) electrons. The normalized spacial score (nSPS) is 19.7. The lowest BCUT2D eigenvalue weighted by Gasteiger charge is -2.31. The van der Waals surface area contributed by atoms with E-state index in [2.05, 4.69) is 90.4 Å². The molecule has 46 nitrogen and oxygen atoms in total. The van der Waals surface area contributed by atoms with Crippen LogP contribution in [0.1, 0.15) is 131 Å². The van der Waals surface area contributed by atoms with Crippen LogP contribution >= 0.6 is 21.6 Å². The Kier molecular flexibility index (Phi) is 47.9. The van der Waals surface area contributed by atoms with E-state index < -0.39 is 291 Å². The predicted molar refractivity (Wildman–Crippen MR) is 460 cm³/mol. The number of rotatable bonds is 43. The van der Waals surface area contributed by atoms with E-state index in [-0.39, 0.29) is 69.7 Å². The molecular formula is C78H123N23O23S2. The number of hydrogen-bond donors (Lipinski definition) is 28. The number of aliphatic hydroxyl groups is 2. The highest BCUT2D eigenvalue weighted by atomic mass is 33.1. The Morgan fingerprint density at radius 2 is 1.06 bits per heavy atom. The summed E-state index contributed by atoms with van der Waals surface area (Å²) in [6.45, 7) is 8.28. The Morgan fingerprint density at radius 3 is 1.64 bits per heavy atom. The second-order valence-corrected chi connectivity index (χ2v) is 33.5. The van der Waals surface area contributed by atoms with Gasteiger partial charge in [-0.1, -0.05) is 126 Å². The average Bonchev–Trinajstić information content (AvgIpc) is 0.834. The molecule has 0 aromatic heterocycles. The lowest BCUT2D eigenvalue weighted by atomic mass is 9.95. The minimum Gasteiger partial charge on any atom is -0.508 e. The fraction of sp³-hybridized carbons (Fsp3) is 0.590. The monoisotopic (exact) mass is 1810 g/mol. The molecule has 32 N–H and O–H groups in total. The first-order valence-electron chi connectivity index (χ1n) is 40.8. The van der Waals surface area contributed by atoms with E-state index in [0.717, 1.165) is 0 Å². The first-order chi connectivity index (χ1) is 59.4. The van der Waals surface area contributed by atoms with Gasteiger partial charge in [-0.15, -0.1) is 0 Å². The van der Waals surface area contributed by atoms with Crippen LogP contribution < -0.4 is 113 Å². The molecule has 126 heavy (non-hydrogen) atoms. The molecular weight excluding hydrogens is 1690 g/mol. The summed E-state index contributed by atoms with van der Waals surface area (Å²) in [7, 11) is 1.34. The van der Waals surface area contributed by atoms with Crippen molar-refractivity contribution in [3.8, 4) is 5.75 Å². The fourth-order valence-corrected chi connectivity index (χ4v) is 14.5. The Morgan fingerprint density at radius 1 is 0.532 bits per heavy atom. The average molecular weight is 1820 g/mol. The van der Waals surface area contributed by atoms with Gasteiger partial charge in [0.2, 0.25) is 94.5 Å². The number of aliphatic hydroxyl groups excluding tert-OH is 2. The number of phenols is 1. The highest BCUT2D eigenvalue weighted by Gasteiger charge is 2.40. The fourth-order valence-electron chi connectivity index (χ4n) is 12.2. The van der Waals surface area contributed by atoms with Crippen LogP contribution in [0.25, 0.3) is 0 Å². The van der Waals surface area contributed by atoms with Crippen LogP contribution in [0.4, 0.5) is 0 Å². The molecule has 2 aromatic rings. The molecule has 16 amide bonds. The van der Waals surface area contributed by atoms with Crippen LogP contribution in [0.2, 0.25) is 0 Å². The Hall–Kier alpha value is -12.2. The van der Waals surface area contributed by atoms with Crippen molar-refractivity contribution < 1.29 is 112 Å². The van der Waals surface area contributed by atoms with Gasteiger partial charge in [0.1, 0.15) is 84.3 Å². The molecule has 1 saturated heterocycles. The molecule has 700 valence electrons. The van der Waals surface area contributed by atoms with Crippen LogP contribution in [-0.4, -0.2) is 279 Å². The molecule has 0 saturated carbocycles. The summed E-state index contributed by atoms with van der Waals surface area (Å²) in [6, 6.07) is -9.07. The van der Waals surface area contributed by atoms with Gasteiger partial charge < -0.3 is 139 Å². The number of hydrogen-bond acceptors (Lipinski definition) is 26. The molecule has 2 aromatic carbocycles. The quantitative estimate of drug-likeness (QED) is 0.0127. The Balaban J connectivity index is 2.22. The summed E-state index contributed by atoms with van der Waals surface area (Å²) in [5, 5.41) is 107. The van der Waals surface area contributed by atoms with Gasteiger partial charge in [-0.2, -0.15) is 0 Å². The Labute approximate surface area is 735 Å². The van der Waals surface area contributed by atoms with Crippen molar-refractivity contribution in [2.24, 2.45) is 46.6 Å². The summed E-state index contributed by atoms with van der Waals surface area (Å²) < 4.78 is 0. The summed E-state index contributed by atoms with van der Waals surface area (Å²) in [5.74, 6) is -25.2. The standard InChI is InChI=1S/C78H123N23O23S2/c1-9-41(8)62(101-68(115)47(18-14-28-86-78(83)84)91-69(116)50(29-38(2)3)95-63(110)45(79)30-43-19-21-44(104)22-20-43)75(122)100-61(40(6)7)74(121)94-49(23-25-56(80)105)67(114)98-55-37-126-125-36-54(65(112)88-32-57(106)89-51(76(123)124)31-42-15-11-10-12-16-42)97-70(117)52(34-102)90-58(107)33-87-64(111)48(24-26-59(108)109)93-73(120)60(39(4)5)99-71(118)53(35-103)96-66(113)46(92-72(55)119)17-13-27-85-77(81)82/h10-12,15-16,19-22,38-41,45-55,60-62,102-104H,9,13-14,17-18,23-37,79H2,1-8H3,(H2,80,105)(H,87,111)(H,88,112)(H,89,106)(H,90,107)(H,91,116)(H,92,119)(H,93,120)(H,94,121)(H,95,110)(H,96,113)(H,97,117)(H,98,114)(H,99,118)(H,100,122)(H,101,115)(H,108,109)(H,123,124)(H4,81,82,85)(H4,83,84,86)/t41-,45-,46-,47-,48-,49-,50-,51-,52-,53-,54-,55?,60-,61-,62-/m0/s1. The van der Waals surface area contributed by atoms with Gasteiger partial charge in [-0.3, -0.25) is 92.3 Å². The van der Waals surface area contributed by atoms with Crippen molar-refractivity contribution in [2.45, 2.75) is 217 Å². The number of carboxylic acid groups (broad SMARTS) is 2. The van der Waals surface area contributed by atoms with E-state index in [9.17, 15) is 102 Å². The largest absolute Gasteiger partial charge is 0.508 e. The maximum atomic E-state index is 15.1. The van der Waals surface area contributed by atoms with E-state index in [0.29, 0.717) is 32.7 Å². The van der Waals surface area contributed by atoms with Crippen molar-refractivity contribution >= 4 is 140 Å². The van der Waals surface area contributed by atoms with Crippen molar-refractivity contribution in [1.82, 2.24) is 90.4 Å². The number of carbonyl (C=O) groups is 18. The third-order valence-corrected chi connectivity index (χ3v) is 21.8. The maximum absolute atomic E-state index is 15.1. The predicted octanol–water partition coefficient (Wildman–Crippen LogP) is -7.44. The zero-order valence-electron chi connectivity index (χ0n) is 71.4. The Bertz CT molecular complexity index is 4080. The van der Waals surface area contributed by atoms with Gasteiger partial charge in [0, 0.05) is 43.9 Å². The van der Waals surface area contributed by atoms with Crippen molar-refractivity contribution in [2.75, 3.05) is 50.9 Å².